The molecule has 0 spiro atoms. The molecule has 0 bridgehead atoms. The number of nitrogens with zero attached hydrogens (tertiary/aromatic N) is 6. The van der Waals surface area contributed by atoms with Crippen LogP contribution >= 0.6 is 22.7 Å². The number of carbonyl (C=O) groups excluding carboxylic acids is 2. The number of hydrogen-bond acceptors (Lipinski definition) is 10. The number of fused-ring (bicyclic) bond motifs is 2. The van der Waals surface area contributed by atoms with E-state index in [4.69, 9.17) is 0 Å². The molecule has 2 fully saturated rings. The highest BCUT2D eigenvalue weighted by atomic mass is 32.1. The number of rotatable bonds is 6. The Morgan fingerprint density at radius 3 is 1.71 bits per heavy atom. The van der Waals surface area contributed by atoms with Gasteiger partial charge in [-0.3, -0.25) is 19.6 Å². The van der Waals surface area contributed by atoms with Gasteiger partial charge in [-0.25, -0.2) is 27.5 Å². The van der Waals surface area contributed by atoms with Gasteiger partial charge in [-0.1, -0.05) is 22.7 Å². The van der Waals surface area contributed by atoms with Crippen LogP contribution in [0.25, 0.3) is 20.4 Å². The Hall–Kier alpha value is -5.22. The van der Waals surface area contributed by atoms with E-state index in [9.17, 15) is 27.2 Å². The maximum absolute atomic E-state index is 13.8. The summed E-state index contributed by atoms with van der Waals surface area (Å²) in [5.74, 6) is -3.18. The molecule has 2 atom stereocenters. The largest absolute Gasteiger partial charge is 0.359 e. The molecular weight excluding hydrogens is 705 g/mol. The number of benzene rings is 2. The topological polar surface area (TPSA) is 116 Å². The molecule has 51 heavy (non-hydrogen) atoms. The Balaban J connectivity index is 0.000000159. The Kier molecular flexibility index (Phi) is 9.77. The van der Waals surface area contributed by atoms with E-state index in [2.05, 4.69) is 30.6 Å². The minimum Gasteiger partial charge on any atom is -0.359 e. The molecule has 2 aromatic carbocycles. The predicted octanol–water partition coefficient (Wildman–Crippen LogP) is 7.46. The second-order valence-electron chi connectivity index (χ2n) is 12.0. The zero-order chi connectivity index (χ0) is 35.6. The predicted molar refractivity (Wildman–Crippen MR) is 190 cm³/mol. The van der Waals surface area contributed by atoms with E-state index in [0.29, 0.717) is 9.40 Å². The summed E-state index contributed by atoms with van der Waals surface area (Å²) in [7, 11) is 0. The van der Waals surface area contributed by atoms with Gasteiger partial charge in [0, 0.05) is 60.9 Å². The van der Waals surface area contributed by atoms with Crippen molar-refractivity contribution in [3.63, 3.8) is 0 Å². The third-order valence-corrected chi connectivity index (χ3v) is 10.4. The molecule has 4 aromatic heterocycles. The van der Waals surface area contributed by atoms with E-state index in [0.717, 1.165) is 90.6 Å². The average Bonchev–Trinajstić information content (AvgIpc) is 3.91. The number of hydrogen-bond donors (Lipinski definition) is 2. The lowest BCUT2D eigenvalue weighted by Crippen LogP contribution is -2.39. The van der Waals surface area contributed by atoms with Crippen LogP contribution in [-0.2, 0) is 9.59 Å². The first-order valence-electron chi connectivity index (χ1n) is 16.1. The monoisotopic (exact) mass is 734 g/mol. The Morgan fingerprint density at radius 1 is 0.706 bits per heavy atom. The van der Waals surface area contributed by atoms with Gasteiger partial charge in [-0.15, -0.1) is 0 Å². The van der Waals surface area contributed by atoms with Crippen molar-refractivity contribution in [2.75, 3.05) is 33.5 Å². The molecule has 2 saturated heterocycles. The first-order chi connectivity index (χ1) is 24.6. The van der Waals surface area contributed by atoms with Crippen LogP contribution < -0.4 is 20.4 Å². The molecule has 6 aromatic rings. The summed E-state index contributed by atoms with van der Waals surface area (Å²) in [6.45, 7) is 3.46. The molecule has 262 valence electrons. The van der Waals surface area contributed by atoms with Gasteiger partial charge in [-0.2, -0.15) is 0 Å². The van der Waals surface area contributed by atoms with Gasteiger partial charge in [0.15, 0.2) is 21.9 Å². The lowest BCUT2D eigenvalue weighted by atomic mass is 10.2. The van der Waals surface area contributed by atoms with Gasteiger partial charge in [0.1, 0.15) is 34.8 Å². The molecule has 2 unspecified atom stereocenters. The minimum absolute atomic E-state index is 0.0686. The molecule has 8 rings (SSSR count). The lowest BCUT2D eigenvalue weighted by Gasteiger charge is -2.25. The Bertz CT molecular complexity index is 2230. The molecule has 6 heterocycles. The molecule has 0 saturated carbocycles. The Morgan fingerprint density at radius 2 is 1.20 bits per heavy atom. The van der Waals surface area contributed by atoms with Crippen LogP contribution in [0.1, 0.15) is 31.4 Å². The van der Waals surface area contributed by atoms with Crippen LogP contribution in [0.5, 0.6) is 0 Å². The molecular formula is C35H30F4N8O2S2. The number of nitrogens with one attached hydrogen (secondary N) is 2. The number of pyridine rings is 2. The number of thiazole rings is 2. The van der Waals surface area contributed by atoms with Crippen LogP contribution in [0, 0.1) is 30.2 Å². The molecule has 2 aliphatic heterocycles. The third-order valence-electron chi connectivity index (χ3n) is 8.60. The van der Waals surface area contributed by atoms with Crippen molar-refractivity contribution >= 4 is 76.6 Å². The maximum atomic E-state index is 13.8. The van der Waals surface area contributed by atoms with Crippen LogP contribution in [0.4, 0.5) is 39.2 Å². The summed E-state index contributed by atoms with van der Waals surface area (Å²) in [5, 5.41) is 6.04. The fourth-order valence-corrected chi connectivity index (χ4v) is 8.16. The van der Waals surface area contributed by atoms with Crippen molar-refractivity contribution in [2.45, 2.75) is 44.7 Å². The molecule has 2 amide bonds. The summed E-state index contributed by atoms with van der Waals surface area (Å²) in [5.41, 5.74) is 2.91. The number of carbonyl (C=O) groups is 2. The number of halogens is 4. The SMILES string of the molecule is Cc1cc(N2CCCC2C(=O)Nc2nc3c(F)cc(F)cc3s2)ccn1.O=C(Nc1nc2c(F)cc(F)cc2s1)C1CCCN1c1ccncc1. The molecule has 2 N–H and O–H groups in total. The summed E-state index contributed by atoms with van der Waals surface area (Å²) >= 11 is 2.12. The second kappa shape index (κ2) is 14.6. The van der Waals surface area contributed by atoms with E-state index in [-0.39, 0.29) is 45.2 Å². The van der Waals surface area contributed by atoms with Gasteiger partial charge in [0.25, 0.3) is 0 Å². The fourth-order valence-electron chi connectivity index (χ4n) is 6.34. The Labute approximate surface area is 297 Å². The van der Waals surface area contributed by atoms with Crippen LogP contribution in [0.15, 0.2) is 67.1 Å². The standard InChI is InChI=1S/C18H16F2N4OS.C17H14F2N4OS/c1-10-7-12(4-5-21-10)24-6-2-3-14(24)17(25)23-18-22-16-13(20)8-11(19)9-15(16)26-18;18-10-8-12(19)15-14(9-10)25-17(21-15)22-16(24)13-2-1-7-23(13)11-3-5-20-6-4-11/h4-5,7-9,14H,2-3,6H2,1H3,(H,22,23,25);3-6,8-9,13H,1-2,7H2,(H,21,22,24). The first-order valence-corrected chi connectivity index (χ1v) is 17.7. The van der Waals surface area contributed by atoms with Crippen LogP contribution in [0.3, 0.4) is 0 Å². The van der Waals surface area contributed by atoms with E-state index < -0.39 is 23.3 Å². The van der Waals surface area contributed by atoms with Crippen molar-refractivity contribution in [2.24, 2.45) is 0 Å². The molecule has 0 radical (unpaired) electrons. The molecule has 0 aliphatic carbocycles. The van der Waals surface area contributed by atoms with Gasteiger partial charge in [0.2, 0.25) is 11.8 Å². The van der Waals surface area contributed by atoms with Gasteiger partial charge < -0.3 is 20.4 Å². The van der Waals surface area contributed by atoms with Crippen molar-refractivity contribution in [1.82, 2.24) is 19.9 Å². The number of aromatic nitrogens is 4. The molecule has 10 nitrogen and oxygen atoms in total. The quantitative estimate of drug-likeness (QED) is 0.170. The van der Waals surface area contributed by atoms with Gasteiger partial charge >= 0.3 is 0 Å². The highest BCUT2D eigenvalue weighted by Crippen LogP contribution is 2.32. The fraction of sp³-hybridized carbons (Fsp3) is 0.257. The zero-order valence-electron chi connectivity index (χ0n) is 27.1. The molecule has 16 heteroatoms. The van der Waals surface area contributed by atoms with Crippen LogP contribution in [-0.4, -0.2) is 56.9 Å². The van der Waals surface area contributed by atoms with Crippen LogP contribution in [0.2, 0.25) is 0 Å². The second-order valence-corrected chi connectivity index (χ2v) is 14.1. The summed E-state index contributed by atoms with van der Waals surface area (Å²) in [6.07, 6.45) is 8.35. The third kappa shape index (κ3) is 7.46. The van der Waals surface area contributed by atoms with E-state index in [1.807, 2.05) is 41.0 Å². The van der Waals surface area contributed by atoms with Gasteiger partial charge in [-0.05, 0) is 69.0 Å². The highest BCUT2D eigenvalue weighted by Gasteiger charge is 2.33. The van der Waals surface area contributed by atoms with E-state index in [1.54, 1.807) is 18.6 Å². The number of aryl methyl sites for hydroxylation is 1. The number of amides is 2. The maximum Gasteiger partial charge on any atom is 0.248 e. The van der Waals surface area contributed by atoms with Crippen molar-refractivity contribution in [3.05, 3.63) is 96.1 Å². The highest BCUT2D eigenvalue weighted by molar-refractivity contribution is 7.22. The average molecular weight is 735 g/mol. The molecule has 2 aliphatic rings. The minimum atomic E-state index is -0.731. The first kappa shape index (κ1) is 34.2. The van der Waals surface area contributed by atoms with Gasteiger partial charge in [0.05, 0.1) is 9.40 Å². The number of anilines is 4. The summed E-state index contributed by atoms with van der Waals surface area (Å²) in [4.78, 5) is 45.8. The van der Waals surface area contributed by atoms with Crippen molar-refractivity contribution < 1.29 is 27.2 Å². The smallest absolute Gasteiger partial charge is 0.248 e. The lowest BCUT2D eigenvalue weighted by molar-refractivity contribution is -0.118. The van der Waals surface area contributed by atoms with Crippen molar-refractivity contribution in [3.8, 4) is 0 Å². The van der Waals surface area contributed by atoms with E-state index in [1.165, 1.54) is 12.1 Å². The summed E-state index contributed by atoms with van der Waals surface area (Å²) < 4.78 is 54.9. The van der Waals surface area contributed by atoms with Crippen molar-refractivity contribution in [1.29, 1.82) is 0 Å². The normalized spacial score (nSPS) is 17.1. The summed E-state index contributed by atoms with van der Waals surface area (Å²) in [6, 6.07) is 10.9. The zero-order valence-corrected chi connectivity index (χ0v) is 28.7. The van der Waals surface area contributed by atoms with E-state index >= 15 is 0 Å².